The Balaban J connectivity index is 5.30. The molecule has 0 aromatic heterocycles. The van der Waals surface area contributed by atoms with Gasteiger partial charge in [-0.2, -0.15) is 0 Å². The van der Waals surface area contributed by atoms with E-state index < -0.39 is 11.9 Å². The summed E-state index contributed by atoms with van der Waals surface area (Å²) in [7, 11) is 0. The van der Waals surface area contributed by atoms with Crippen LogP contribution in [0.3, 0.4) is 0 Å². The molecule has 0 N–H and O–H groups in total. The molecule has 0 aliphatic heterocycles. The third-order valence-corrected chi connectivity index (χ3v) is 2.46. The third kappa shape index (κ3) is 5.77. The van der Waals surface area contributed by atoms with Crippen molar-refractivity contribution in [2.24, 2.45) is 0 Å². The smallest absolute Gasteiger partial charge is 0.347 e. The highest BCUT2D eigenvalue weighted by Gasteiger charge is 2.23. The first-order valence-electron chi connectivity index (χ1n) is 6.68. The molecule has 0 spiro atoms. The summed E-state index contributed by atoms with van der Waals surface area (Å²) in [5.74, 6) is -1.29. The highest BCUT2D eigenvalue weighted by atomic mass is 16.6. The lowest BCUT2D eigenvalue weighted by molar-refractivity contribution is -0.146. The van der Waals surface area contributed by atoms with Gasteiger partial charge in [0.1, 0.15) is 0 Å². The number of hydrogen-bond donors (Lipinski definition) is 0. The van der Waals surface area contributed by atoms with Crippen LogP contribution in [0.1, 0.15) is 41.5 Å². The Labute approximate surface area is 115 Å². The summed E-state index contributed by atoms with van der Waals surface area (Å²) in [6, 6.07) is 0.331. The molecule has 5 heteroatoms. The minimum Gasteiger partial charge on any atom is -0.462 e. The zero-order chi connectivity index (χ0) is 15.0. The van der Waals surface area contributed by atoms with Gasteiger partial charge in [-0.3, -0.25) is 0 Å². The Hall–Kier alpha value is -1.52. The second-order valence-corrected chi connectivity index (χ2v) is 4.62. The van der Waals surface area contributed by atoms with Crippen LogP contribution in [0.15, 0.2) is 11.8 Å². The van der Waals surface area contributed by atoms with E-state index in [1.807, 2.05) is 32.6 Å². The molecule has 0 radical (unpaired) electrons. The molecule has 0 amide bonds. The molecule has 0 aromatic carbocycles. The van der Waals surface area contributed by atoms with E-state index in [0.29, 0.717) is 0 Å². The van der Waals surface area contributed by atoms with Gasteiger partial charge in [0.25, 0.3) is 0 Å². The average molecular weight is 271 g/mol. The van der Waals surface area contributed by atoms with Crippen LogP contribution >= 0.6 is 0 Å². The molecule has 19 heavy (non-hydrogen) atoms. The Kier molecular flexibility index (Phi) is 7.87. The Bertz CT molecular complexity index is 306. The van der Waals surface area contributed by atoms with Gasteiger partial charge >= 0.3 is 11.9 Å². The van der Waals surface area contributed by atoms with Gasteiger partial charge < -0.3 is 14.4 Å². The highest BCUT2D eigenvalue weighted by molar-refractivity contribution is 6.13. The summed E-state index contributed by atoms with van der Waals surface area (Å²) in [4.78, 5) is 25.6. The number of esters is 2. The van der Waals surface area contributed by atoms with E-state index in [2.05, 4.69) is 0 Å². The van der Waals surface area contributed by atoms with E-state index in [0.717, 1.165) is 0 Å². The van der Waals surface area contributed by atoms with Crippen molar-refractivity contribution in [2.75, 3.05) is 13.2 Å². The molecular formula is C14H25NO4. The normalized spacial score (nSPS) is 10.3. The lowest BCUT2D eigenvalue weighted by Crippen LogP contribution is -2.34. The molecule has 0 atom stereocenters. The van der Waals surface area contributed by atoms with Crippen molar-refractivity contribution in [3.05, 3.63) is 11.8 Å². The first-order valence-corrected chi connectivity index (χ1v) is 6.68. The van der Waals surface area contributed by atoms with E-state index in [4.69, 9.17) is 9.47 Å². The molecule has 0 saturated carbocycles. The van der Waals surface area contributed by atoms with Gasteiger partial charge in [0.2, 0.25) is 0 Å². The van der Waals surface area contributed by atoms with Crippen LogP contribution in [0.4, 0.5) is 0 Å². The monoisotopic (exact) mass is 271 g/mol. The van der Waals surface area contributed by atoms with Gasteiger partial charge in [-0.05, 0) is 41.5 Å². The van der Waals surface area contributed by atoms with Gasteiger partial charge in [0.15, 0.2) is 5.57 Å². The fourth-order valence-corrected chi connectivity index (χ4v) is 1.65. The number of carbonyl (C=O) groups excluding carboxylic acids is 2. The van der Waals surface area contributed by atoms with Crippen molar-refractivity contribution < 1.29 is 19.1 Å². The lowest BCUT2D eigenvalue weighted by Gasteiger charge is -2.29. The maximum Gasteiger partial charge on any atom is 0.347 e. The van der Waals surface area contributed by atoms with E-state index in [1.165, 1.54) is 6.20 Å². The van der Waals surface area contributed by atoms with Crippen LogP contribution in [0.2, 0.25) is 0 Å². The number of hydrogen-bond acceptors (Lipinski definition) is 5. The molecule has 0 fully saturated rings. The standard InChI is InChI=1S/C14H25NO4/c1-7-18-13(16)12(14(17)19-8-2)9-15(10(3)4)11(5)6/h9-11H,7-8H2,1-6H3. The Morgan fingerprint density at radius 3 is 1.58 bits per heavy atom. The van der Waals surface area contributed by atoms with Crippen LogP contribution in [0, 0.1) is 0 Å². The van der Waals surface area contributed by atoms with Gasteiger partial charge in [-0.1, -0.05) is 0 Å². The predicted molar refractivity (Wildman–Crippen MR) is 73.5 cm³/mol. The SMILES string of the molecule is CCOC(=O)C(=CN(C(C)C)C(C)C)C(=O)OCC. The summed E-state index contributed by atoms with van der Waals surface area (Å²) in [6.07, 6.45) is 1.53. The zero-order valence-corrected chi connectivity index (χ0v) is 12.7. The van der Waals surface area contributed by atoms with Gasteiger partial charge in [0.05, 0.1) is 13.2 Å². The summed E-state index contributed by atoms with van der Waals surface area (Å²) >= 11 is 0. The second kappa shape index (κ2) is 8.56. The molecule has 0 unspecified atom stereocenters. The third-order valence-electron chi connectivity index (χ3n) is 2.46. The molecule has 0 saturated heterocycles. The zero-order valence-electron chi connectivity index (χ0n) is 12.7. The molecule has 110 valence electrons. The molecule has 0 rings (SSSR count). The molecular weight excluding hydrogens is 246 g/mol. The second-order valence-electron chi connectivity index (χ2n) is 4.62. The first-order chi connectivity index (χ1) is 8.84. The molecule has 5 nitrogen and oxygen atoms in total. The maximum absolute atomic E-state index is 11.8. The van der Waals surface area contributed by atoms with E-state index in [9.17, 15) is 9.59 Å². The molecule has 0 aromatic rings. The van der Waals surface area contributed by atoms with Crippen molar-refractivity contribution in [1.29, 1.82) is 0 Å². The summed E-state index contributed by atoms with van der Waals surface area (Å²) in [5.41, 5.74) is -0.0638. The van der Waals surface area contributed by atoms with Crippen molar-refractivity contribution in [1.82, 2.24) is 4.90 Å². The van der Waals surface area contributed by atoms with Crippen molar-refractivity contribution in [2.45, 2.75) is 53.6 Å². The summed E-state index contributed by atoms with van der Waals surface area (Å²) in [6.45, 7) is 11.8. The van der Waals surface area contributed by atoms with Crippen LogP contribution in [0.25, 0.3) is 0 Å². The summed E-state index contributed by atoms with van der Waals surface area (Å²) in [5, 5.41) is 0. The molecule has 0 heterocycles. The minimum absolute atomic E-state index is 0.0638. The Morgan fingerprint density at radius 2 is 1.32 bits per heavy atom. The van der Waals surface area contributed by atoms with Crippen LogP contribution in [0.5, 0.6) is 0 Å². The van der Waals surface area contributed by atoms with Crippen LogP contribution < -0.4 is 0 Å². The number of rotatable bonds is 7. The van der Waals surface area contributed by atoms with Crippen molar-refractivity contribution in [3.8, 4) is 0 Å². The first kappa shape index (κ1) is 17.5. The topological polar surface area (TPSA) is 55.8 Å². The van der Waals surface area contributed by atoms with Crippen molar-refractivity contribution in [3.63, 3.8) is 0 Å². The van der Waals surface area contributed by atoms with E-state index in [1.54, 1.807) is 13.8 Å². The summed E-state index contributed by atoms with van der Waals surface area (Å²) < 4.78 is 9.79. The number of carbonyl (C=O) groups is 2. The fraction of sp³-hybridized carbons (Fsp3) is 0.714. The van der Waals surface area contributed by atoms with Gasteiger partial charge in [0, 0.05) is 18.3 Å². The van der Waals surface area contributed by atoms with E-state index >= 15 is 0 Å². The number of ether oxygens (including phenoxy) is 2. The average Bonchev–Trinajstić information content (AvgIpc) is 2.29. The largest absolute Gasteiger partial charge is 0.462 e. The van der Waals surface area contributed by atoms with Crippen LogP contribution in [-0.2, 0) is 19.1 Å². The van der Waals surface area contributed by atoms with Crippen molar-refractivity contribution >= 4 is 11.9 Å². The van der Waals surface area contributed by atoms with Crippen LogP contribution in [-0.4, -0.2) is 42.1 Å². The predicted octanol–water partition coefficient (Wildman–Crippen LogP) is 2.12. The van der Waals surface area contributed by atoms with Gasteiger partial charge in [-0.15, -0.1) is 0 Å². The quantitative estimate of drug-likeness (QED) is 0.307. The molecule has 0 bridgehead atoms. The maximum atomic E-state index is 11.8. The van der Waals surface area contributed by atoms with Gasteiger partial charge in [-0.25, -0.2) is 9.59 Å². The molecule has 0 aliphatic rings. The van der Waals surface area contributed by atoms with E-state index in [-0.39, 0.29) is 30.9 Å². The minimum atomic E-state index is -0.646. The lowest BCUT2D eigenvalue weighted by atomic mass is 10.2. The molecule has 0 aliphatic carbocycles. The highest BCUT2D eigenvalue weighted by Crippen LogP contribution is 2.11. The number of nitrogens with zero attached hydrogens (tertiary/aromatic N) is 1. The Morgan fingerprint density at radius 1 is 0.947 bits per heavy atom. The fourth-order valence-electron chi connectivity index (χ4n) is 1.65.